The maximum atomic E-state index is 10.8. The quantitative estimate of drug-likeness (QED) is 0.831. The Kier molecular flexibility index (Phi) is 3.88. The first-order valence-electron chi connectivity index (χ1n) is 4.90. The number of nitrogens with one attached hydrogen (secondary N) is 1. The molecule has 0 amide bonds. The van der Waals surface area contributed by atoms with Gasteiger partial charge in [0.25, 0.3) is 0 Å². The van der Waals surface area contributed by atoms with Gasteiger partial charge in [0.1, 0.15) is 4.88 Å². The molecule has 0 fully saturated rings. The van der Waals surface area contributed by atoms with Gasteiger partial charge in [0.2, 0.25) is 0 Å². The average molecular weight is 227 g/mol. The summed E-state index contributed by atoms with van der Waals surface area (Å²) in [6.07, 6.45) is 0. The Morgan fingerprint density at radius 1 is 1.53 bits per heavy atom. The molecule has 84 valence electrons. The van der Waals surface area contributed by atoms with E-state index in [-0.39, 0.29) is 5.41 Å². The van der Waals surface area contributed by atoms with Crippen molar-refractivity contribution in [3.63, 3.8) is 0 Å². The van der Waals surface area contributed by atoms with Gasteiger partial charge in [-0.15, -0.1) is 11.3 Å². The molecule has 0 atom stereocenters. The van der Waals surface area contributed by atoms with Crippen LogP contribution in [0.3, 0.4) is 0 Å². The molecular formula is C11H17NO2S. The van der Waals surface area contributed by atoms with Crippen LogP contribution >= 0.6 is 11.3 Å². The maximum Gasteiger partial charge on any atom is 0.346 e. The molecular weight excluding hydrogens is 210 g/mol. The summed E-state index contributed by atoms with van der Waals surface area (Å²) in [4.78, 5) is 11.3. The molecule has 0 aliphatic carbocycles. The summed E-state index contributed by atoms with van der Waals surface area (Å²) in [7, 11) is 0. The zero-order valence-corrected chi connectivity index (χ0v) is 10.1. The lowest BCUT2D eigenvalue weighted by molar-refractivity contribution is 0.0701. The van der Waals surface area contributed by atoms with Crippen molar-refractivity contribution in [3.8, 4) is 0 Å². The number of aromatic carboxylic acids is 1. The van der Waals surface area contributed by atoms with Gasteiger partial charge in [-0.1, -0.05) is 20.8 Å². The number of rotatable bonds is 4. The second-order valence-electron chi connectivity index (χ2n) is 4.74. The lowest BCUT2D eigenvalue weighted by Crippen LogP contribution is -2.26. The third kappa shape index (κ3) is 4.01. The van der Waals surface area contributed by atoms with Crippen LogP contribution < -0.4 is 5.32 Å². The molecule has 0 saturated heterocycles. The molecule has 0 spiro atoms. The number of carboxylic acids is 1. The van der Waals surface area contributed by atoms with Crippen LogP contribution in [0.5, 0.6) is 0 Å². The highest BCUT2D eigenvalue weighted by atomic mass is 32.1. The predicted octanol–water partition coefficient (Wildman–Crippen LogP) is 2.58. The minimum atomic E-state index is -0.836. The number of carboxylic acid groups (broad SMARTS) is 1. The molecule has 1 heterocycles. The molecule has 0 aliphatic rings. The Morgan fingerprint density at radius 3 is 2.73 bits per heavy atom. The van der Waals surface area contributed by atoms with Gasteiger partial charge >= 0.3 is 5.97 Å². The lowest BCUT2D eigenvalue weighted by Gasteiger charge is -2.18. The van der Waals surface area contributed by atoms with E-state index >= 15 is 0 Å². The Balaban J connectivity index is 2.51. The molecule has 0 saturated carbocycles. The van der Waals surface area contributed by atoms with Gasteiger partial charge < -0.3 is 10.4 Å². The normalized spacial score (nSPS) is 11.7. The highest BCUT2D eigenvalue weighted by molar-refractivity contribution is 7.12. The summed E-state index contributed by atoms with van der Waals surface area (Å²) >= 11 is 1.28. The van der Waals surface area contributed by atoms with Crippen LogP contribution in [-0.2, 0) is 6.54 Å². The smallest absolute Gasteiger partial charge is 0.346 e. The Hall–Kier alpha value is -0.870. The molecule has 0 unspecified atom stereocenters. The molecule has 2 N–H and O–H groups in total. The standard InChI is InChI=1S/C11H17NO2S/c1-11(2,3)7-12-6-8-4-5-15-9(8)10(13)14/h4-5,12H,6-7H2,1-3H3,(H,13,14). The zero-order chi connectivity index (χ0) is 11.5. The molecule has 0 bridgehead atoms. The third-order valence-corrected chi connectivity index (χ3v) is 2.86. The lowest BCUT2D eigenvalue weighted by atomic mass is 9.97. The minimum absolute atomic E-state index is 0.222. The van der Waals surface area contributed by atoms with Gasteiger partial charge in [0.05, 0.1) is 0 Å². The topological polar surface area (TPSA) is 49.3 Å². The molecule has 3 nitrogen and oxygen atoms in total. The summed E-state index contributed by atoms with van der Waals surface area (Å²) in [5, 5.41) is 14.0. The van der Waals surface area contributed by atoms with Crippen molar-refractivity contribution < 1.29 is 9.90 Å². The van der Waals surface area contributed by atoms with E-state index in [1.165, 1.54) is 11.3 Å². The molecule has 1 rings (SSSR count). The molecule has 0 aliphatic heterocycles. The summed E-state index contributed by atoms with van der Waals surface area (Å²) in [6.45, 7) is 7.94. The fraction of sp³-hybridized carbons (Fsp3) is 0.545. The van der Waals surface area contributed by atoms with Crippen LogP contribution in [0.25, 0.3) is 0 Å². The van der Waals surface area contributed by atoms with Gasteiger partial charge in [-0.05, 0) is 22.4 Å². The summed E-state index contributed by atoms with van der Waals surface area (Å²) < 4.78 is 0. The van der Waals surface area contributed by atoms with Crippen molar-refractivity contribution in [2.45, 2.75) is 27.3 Å². The molecule has 0 aromatic carbocycles. The zero-order valence-electron chi connectivity index (χ0n) is 9.33. The summed E-state index contributed by atoms with van der Waals surface area (Å²) in [5.41, 5.74) is 1.09. The second-order valence-corrected chi connectivity index (χ2v) is 5.66. The van der Waals surface area contributed by atoms with E-state index in [4.69, 9.17) is 5.11 Å². The summed E-state index contributed by atoms with van der Waals surface area (Å²) in [6, 6.07) is 1.86. The van der Waals surface area contributed by atoms with E-state index in [1.807, 2.05) is 11.4 Å². The van der Waals surface area contributed by atoms with Crippen LogP contribution in [0.1, 0.15) is 36.0 Å². The van der Waals surface area contributed by atoms with Gasteiger partial charge in [-0.3, -0.25) is 0 Å². The first kappa shape index (κ1) is 12.2. The largest absolute Gasteiger partial charge is 0.477 e. The monoisotopic (exact) mass is 227 g/mol. The highest BCUT2D eigenvalue weighted by Crippen LogP contribution is 2.17. The van der Waals surface area contributed by atoms with Crippen molar-refractivity contribution in [1.29, 1.82) is 0 Å². The molecule has 1 aromatic rings. The minimum Gasteiger partial charge on any atom is -0.477 e. The fourth-order valence-corrected chi connectivity index (χ4v) is 2.00. The molecule has 4 heteroatoms. The Labute approximate surface area is 94.1 Å². The van der Waals surface area contributed by atoms with E-state index in [2.05, 4.69) is 26.1 Å². The number of thiophene rings is 1. The average Bonchev–Trinajstić information content (AvgIpc) is 2.49. The van der Waals surface area contributed by atoms with Gasteiger partial charge in [-0.2, -0.15) is 0 Å². The first-order valence-corrected chi connectivity index (χ1v) is 5.78. The second kappa shape index (κ2) is 4.77. The van der Waals surface area contributed by atoms with Crippen LogP contribution in [0, 0.1) is 5.41 Å². The Morgan fingerprint density at radius 2 is 2.20 bits per heavy atom. The highest BCUT2D eigenvalue weighted by Gasteiger charge is 2.13. The van der Waals surface area contributed by atoms with Gasteiger partial charge in [0, 0.05) is 13.1 Å². The number of carbonyl (C=O) groups is 1. The maximum absolute atomic E-state index is 10.8. The number of hydrogen-bond donors (Lipinski definition) is 2. The van der Waals surface area contributed by atoms with Crippen molar-refractivity contribution in [1.82, 2.24) is 5.32 Å². The van der Waals surface area contributed by atoms with E-state index in [0.29, 0.717) is 11.4 Å². The molecule has 0 radical (unpaired) electrons. The Bertz CT molecular complexity index is 339. The van der Waals surface area contributed by atoms with Crippen LogP contribution in [0.15, 0.2) is 11.4 Å². The first-order chi connectivity index (χ1) is 6.90. The summed E-state index contributed by atoms with van der Waals surface area (Å²) in [5.74, 6) is -0.836. The number of hydrogen-bond acceptors (Lipinski definition) is 3. The van der Waals surface area contributed by atoms with E-state index < -0.39 is 5.97 Å². The molecule has 1 aromatic heterocycles. The van der Waals surface area contributed by atoms with E-state index in [9.17, 15) is 4.79 Å². The van der Waals surface area contributed by atoms with Gasteiger partial charge in [0.15, 0.2) is 0 Å². The van der Waals surface area contributed by atoms with Crippen molar-refractivity contribution in [2.24, 2.45) is 5.41 Å². The molecule has 15 heavy (non-hydrogen) atoms. The van der Waals surface area contributed by atoms with E-state index in [0.717, 1.165) is 12.1 Å². The van der Waals surface area contributed by atoms with Crippen LogP contribution in [0.4, 0.5) is 0 Å². The van der Waals surface area contributed by atoms with Crippen molar-refractivity contribution in [2.75, 3.05) is 6.54 Å². The van der Waals surface area contributed by atoms with Crippen LogP contribution in [0.2, 0.25) is 0 Å². The fourth-order valence-electron chi connectivity index (χ4n) is 1.23. The predicted molar refractivity (Wildman–Crippen MR) is 62.4 cm³/mol. The van der Waals surface area contributed by atoms with Crippen molar-refractivity contribution >= 4 is 17.3 Å². The third-order valence-electron chi connectivity index (χ3n) is 1.91. The van der Waals surface area contributed by atoms with Crippen molar-refractivity contribution in [3.05, 3.63) is 21.9 Å². The van der Waals surface area contributed by atoms with E-state index in [1.54, 1.807) is 0 Å². The SMILES string of the molecule is CC(C)(C)CNCc1ccsc1C(=O)O. The van der Waals surface area contributed by atoms with Gasteiger partial charge in [-0.25, -0.2) is 4.79 Å². The van der Waals surface area contributed by atoms with Crippen LogP contribution in [-0.4, -0.2) is 17.6 Å².